The van der Waals surface area contributed by atoms with Crippen LogP contribution in [0, 0.1) is 22.7 Å². The molecule has 1 spiro atoms. The molecule has 6 heterocycles. The third-order valence-electron chi connectivity index (χ3n) is 14.0. The number of nitrogens with one attached hydrogen (secondary N) is 2. The number of likely N-dealkylation sites (tertiary alicyclic amines) is 1. The predicted molar refractivity (Wildman–Crippen MR) is 233 cm³/mol. The Bertz CT molecular complexity index is 2300. The summed E-state index contributed by atoms with van der Waals surface area (Å²) in [4.78, 5) is 71.9. The van der Waals surface area contributed by atoms with Crippen LogP contribution < -0.4 is 29.9 Å². The highest BCUT2D eigenvalue weighted by molar-refractivity contribution is 6.23. The van der Waals surface area contributed by atoms with Gasteiger partial charge in [0.25, 0.3) is 17.7 Å². The molecule has 5 amide bonds. The van der Waals surface area contributed by atoms with E-state index in [0.717, 1.165) is 114 Å². The number of fused-ring (bicyclic) bond motifs is 1. The summed E-state index contributed by atoms with van der Waals surface area (Å²) in [6.45, 7) is 7.57. The van der Waals surface area contributed by atoms with Gasteiger partial charge < -0.3 is 34.2 Å². The van der Waals surface area contributed by atoms with Gasteiger partial charge in [-0.1, -0.05) is 0 Å². The molecule has 0 radical (unpaired) electrons. The molecule has 6 aliphatic rings. The number of anilines is 2. The summed E-state index contributed by atoms with van der Waals surface area (Å²) in [5, 5.41) is 23.6. The number of aromatic nitrogens is 2. The largest absolute Gasteiger partial charge is 0.490 e. The van der Waals surface area contributed by atoms with Crippen LogP contribution in [0.15, 0.2) is 48.5 Å². The van der Waals surface area contributed by atoms with Crippen molar-refractivity contribution < 1.29 is 38.2 Å². The van der Waals surface area contributed by atoms with Gasteiger partial charge in [0.1, 0.15) is 30.2 Å². The third kappa shape index (κ3) is 9.12. The molecule has 64 heavy (non-hydrogen) atoms. The quantitative estimate of drug-likeness (QED) is 0.186. The Morgan fingerprint density at radius 3 is 2.33 bits per heavy atom. The molecule has 1 unspecified atom stereocenters. The normalized spacial score (nSPS) is 23.6. The number of carbonyl (C=O) groups excluding carboxylic acids is 5. The summed E-state index contributed by atoms with van der Waals surface area (Å²) >= 11 is 0. The molecule has 1 aliphatic carbocycles. The monoisotopic (exact) mass is 873 g/mol. The summed E-state index contributed by atoms with van der Waals surface area (Å²) in [6.07, 6.45) is 7.74. The molecular weight excluding hydrogens is 819 g/mol. The molecular formula is C47H55N9O8. The van der Waals surface area contributed by atoms with Crippen LogP contribution in [-0.4, -0.2) is 134 Å². The van der Waals surface area contributed by atoms with Crippen molar-refractivity contribution in [1.29, 1.82) is 5.26 Å². The van der Waals surface area contributed by atoms with Gasteiger partial charge in [-0.3, -0.25) is 34.2 Å². The average Bonchev–Trinajstić information content (AvgIpc) is 3.54. The number of hydrogen-bond donors (Lipinski definition) is 2. The zero-order valence-corrected chi connectivity index (χ0v) is 36.3. The summed E-state index contributed by atoms with van der Waals surface area (Å²) in [6, 6.07) is 15.5. The van der Waals surface area contributed by atoms with Crippen molar-refractivity contribution >= 4 is 41.0 Å². The van der Waals surface area contributed by atoms with Crippen molar-refractivity contribution in [3.63, 3.8) is 0 Å². The minimum Gasteiger partial charge on any atom is -0.490 e. The second kappa shape index (κ2) is 18.5. The Balaban J connectivity index is 0.675. The van der Waals surface area contributed by atoms with Crippen LogP contribution in [-0.2, 0) is 14.3 Å². The minimum absolute atomic E-state index is 0.00205. The first-order chi connectivity index (χ1) is 31.1. The molecule has 2 aromatic carbocycles. The van der Waals surface area contributed by atoms with E-state index in [2.05, 4.69) is 41.6 Å². The van der Waals surface area contributed by atoms with E-state index in [0.29, 0.717) is 53.0 Å². The van der Waals surface area contributed by atoms with E-state index in [4.69, 9.17) is 14.2 Å². The fraction of sp³-hybridized carbons (Fsp3) is 0.532. The first-order valence-electron chi connectivity index (χ1n) is 22.6. The molecule has 3 aromatic rings. The van der Waals surface area contributed by atoms with Crippen molar-refractivity contribution in [3.8, 4) is 17.6 Å². The number of nitriles is 1. The zero-order valence-electron chi connectivity index (χ0n) is 36.3. The van der Waals surface area contributed by atoms with Gasteiger partial charge in [0.15, 0.2) is 11.5 Å². The molecule has 2 N–H and O–H groups in total. The van der Waals surface area contributed by atoms with E-state index < -0.39 is 23.8 Å². The summed E-state index contributed by atoms with van der Waals surface area (Å²) in [5.41, 5.74) is 2.54. The van der Waals surface area contributed by atoms with E-state index in [-0.39, 0.29) is 42.2 Å². The Kier molecular flexibility index (Phi) is 12.5. The lowest BCUT2D eigenvalue weighted by atomic mass is 9.71. The van der Waals surface area contributed by atoms with Gasteiger partial charge in [0.05, 0.1) is 29.4 Å². The Morgan fingerprint density at radius 2 is 1.62 bits per heavy atom. The number of nitrogens with zero attached hydrogens (tertiary/aromatic N) is 7. The summed E-state index contributed by atoms with van der Waals surface area (Å²) in [7, 11) is 1.60. The fourth-order valence-corrected chi connectivity index (χ4v) is 10.3. The maximum Gasteiger partial charge on any atom is 0.272 e. The average molecular weight is 874 g/mol. The van der Waals surface area contributed by atoms with E-state index in [1.165, 1.54) is 0 Å². The topological polar surface area (TPSA) is 200 Å². The number of imide groups is 2. The first kappa shape index (κ1) is 43.1. The molecule has 5 aliphatic heterocycles. The molecule has 1 saturated carbocycles. The maximum absolute atomic E-state index is 13.4. The number of amides is 5. The van der Waals surface area contributed by atoms with E-state index in [9.17, 15) is 29.2 Å². The number of methoxy groups -OCH3 is 1. The Labute approximate surface area is 372 Å². The van der Waals surface area contributed by atoms with Crippen LogP contribution in [0.2, 0.25) is 0 Å². The van der Waals surface area contributed by atoms with Gasteiger partial charge in [-0.05, 0) is 119 Å². The summed E-state index contributed by atoms with van der Waals surface area (Å²) in [5.74, 6) is 0.360. The van der Waals surface area contributed by atoms with Crippen molar-refractivity contribution in [1.82, 2.24) is 30.6 Å². The first-order valence-corrected chi connectivity index (χ1v) is 22.6. The number of piperidine rings is 3. The van der Waals surface area contributed by atoms with Crippen molar-refractivity contribution in [2.24, 2.45) is 11.3 Å². The van der Waals surface area contributed by atoms with E-state index in [1.807, 2.05) is 12.1 Å². The lowest BCUT2D eigenvalue weighted by Gasteiger charge is -2.55. The number of carbonyl (C=O) groups is 5. The SMILES string of the molecule is COCCOc1cc(OC2CCC(NC(=O)c3ccc(N4CCC(CN5CCC6(CC5)CN(c5ccc7c(c5)C(=O)N(C5CCC(=O)NC5=O)C7=O)C6)CC4)nn3)CC2)ccc1C#N. The van der Waals surface area contributed by atoms with Crippen LogP contribution in [0.3, 0.4) is 0 Å². The number of benzene rings is 2. The minimum atomic E-state index is -0.968. The molecule has 17 nitrogen and oxygen atoms in total. The number of hydrogen-bond acceptors (Lipinski definition) is 14. The standard InChI is InChI=1S/C47H55N9O8/c1-62-22-23-63-40-25-35(6-2-31(40)26-48)64-34-7-3-32(4-8-34)49-43(58)38-10-12-41(52-51-38)54-18-14-30(15-19-54)27-53-20-16-47(17-21-53)28-55(29-47)33-5-9-36-37(24-33)46(61)56(45(36)60)39-11-13-42(57)50-44(39)59/h2,5-6,9-10,12,24-25,30,32,34,39H,3-4,7-8,11,13-23,27-29H2,1H3,(H,49,58)(H,50,57,59). The molecule has 0 bridgehead atoms. The highest BCUT2D eigenvalue weighted by atomic mass is 16.5. The highest BCUT2D eigenvalue weighted by Crippen LogP contribution is 2.44. The zero-order chi connectivity index (χ0) is 44.4. The van der Waals surface area contributed by atoms with E-state index >= 15 is 0 Å². The Morgan fingerprint density at radius 1 is 0.859 bits per heavy atom. The predicted octanol–water partition coefficient (Wildman–Crippen LogP) is 3.71. The Hall–Kier alpha value is -6.12. The molecule has 17 heteroatoms. The van der Waals surface area contributed by atoms with Crippen LogP contribution in [0.1, 0.15) is 101 Å². The molecule has 1 atom stereocenters. The molecule has 336 valence electrons. The molecule has 1 aromatic heterocycles. The lowest BCUT2D eigenvalue weighted by Crippen LogP contribution is -2.60. The molecule has 9 rings (SSSR count). The molecule has 4 saturated heterocycles. The second-order valence-corrected chi connectivity index (χ2v) is 18.2. The van der Waals surface area contributed by atoms with Crippen molar-refractivity contribution in [2.75, 3.05) is 75.9 Å². The van der Waals surface area contributed by atoms with Gasteiger partial charge in [0.2, 0.25) is 11.8 Å². The lowest BCUT2D eigenvalue weighted by molar-refractivity contribution is -0.136. The van der Waals surface area contributed by atoms with Gasteiger partial charge in [-0.15, -0.1) is 10.2 Å². The number of ether oxygens (including phenoxy) is 3. The maximum atomic E-state index is 13.4. The van der Waals surface area contributed by atoms with Crippen molar-refractivity contribution in [3.05, 3.63) is 70.9 Å². The van der Waals surface area contributed by atoms with Crippen molar-refractivity contribution in [2.45, 2.75) is 82.4 Å². The van der Waals surface area contributed by atoms with Gasteiger partial charge >= 0.3 is 0 Å². The van der Waals surface area contributed by atoms with Crippen LogP contribution in [0.25, 0.3) is 0 Å². The van der Waals surface area contributed by atoms with Crippen LogP contribution >= 0.6 is 0 Å². The van der Waals surface area contributed by atoms with Gasteiger partial charge in [-0.25, -0.2) is 0 Å². The van der Waals surface area contributed by atoms with Gasteiger partial charge in [0, 0.05) is 69.5 Å². The van der Waals surface area contributed by atoms with Crippen LogP contribution in [0.4, 0.5) is 11.5 Å². The third-order valence-corrected chi connectivity index (χ3v) is 14.0. The van der Waals surface area contributed by atoms with E-state index in [1.54, 1.807) is 43.5 Å². The second-order valence-electron chi connectivity index (χ2n) is 18.2. The smallest absolute Gasteiger partial charge is 0.272 e. The number of rotatable bonds is 13. The highest BCUT2D eigenvalue weighted by Gasteiger charge is 2.47. The van der Waals surface area contributed by atoms with Crippen LogP contribution in [0.5, 0.6) is 11.5 Å². The molecule has 5 fully saturated rings. The fourth-order valence-electron chi connectivity index (χ4n) is 10.3. The van der Waals surface area contributed by atoms with Gasteiger partial charge in [-0.2, -0.15) is 5.26 Å². The summed E-state index contributed by atoms with van der Waals surface area (Å²) < 4.78 is 17.0.